The summed E-state index contributed by atoms with van der Waals surface area (Å²) < 4.78 is 0. The number of rotatable bonds is 3. The number of aromatic amines is 1. The van der Waals surface area contributed by atoms with E-state index in [2.05, 4.69) is 5.10 Å². The van der Waals surface area contributed by atoms with Gasteiger partial charge in [-0.3, -0.25) is 10.1 Å². The SMILES string of the molecule is N.O=[N+]([O-])c1n[nH]c([N+](=O)[O-])c1[N+](=O)[O-]. The second-order valence-corrected chi connectivity index (χ2v) is 2.02. The van der Waals surface area contributed by atoms with Gasteiger partial charge in [0.1, 0.15) is 0 Å². The van der Waals surface area contributed by atoms with Crippen molar-refractivity contribution in [3.05, 3.63) is 30.3 Å². The largest absolute Gasteiger partial charge is 0.498 e. The molecule has 0 bridgehead atoms. The second kappa shape index (κ2) is 4.05. The quantitative estimate of drug-likeness (QED) is 0.535. The van der Waals surface area contributed by atoms with Gasteiger partial charge in [0, 0.05) is 0 Å². The van der Waals surface area contributed by atoms with E-state index in [1.165, 1.54) is 0 Å². The molecule has 0 radical (unpaired) electrons. The molecule has 0 aliphatic heterocycles. The summed E-state index contributed by atoms with van der Waals surface area (Å²) >= 11 is 0. The summed E-state index contributed by atoms with van der Waals surface area (Å²) in [6.45, 7) is 0. The summed E-state index contributed by atoms with van der Waals surface area (Å²) in [5.74, 6) is -2.29. The zero-order chi connectivity index (χ0) is 10.9. The number of nitro groups is 3. The molecule has 0 aromatic carbocycles. The summed E-state index contributed by atoms with van der Waals surface area (Å²) in [5.41, 5.74) is -1.25. The molecule has 0 atom stereocenters. The number of nitrogens with zero attached hydrogens (tertiary/aromatic N) is 4. The Bertz CT molecular complexity index is 391. The third-order valence-electron chi connectivity index (χ3n) is 1.24. The number of nitrogens with one attached hydrogen (secondary N) is 1. The Morgan fingerprint density at radius 1 is 1.00 bits per heavy atom. The van der Waals surface area contributed by atoms with Gasteiger partial charge in [-0.05, 0) is 14.9 Å². The van der Waals surface area contributed by atoms with E-state index in [0.29, 0.717) is 0 Å². The van der Waals surface area contributed by atoms with Crippen molar-refractivity contribution < 1.29 is 14.8 Å². The molecule has 12 heteroatoms. The van der Waals surface area contributed by atoms with Crippen molar-refractivity contribution in [2.75, 3.05) is 0 Å². The summed E-state index contributed by atoms with van der Waals surface area (Å²) in [6, 6.07) is 0. The number of H-pyrrole nitrogens is 1. The van der Waals surface area contributed by atoms with Crippen molar-refractivity contribution in [1.82, 2.24) is 16.3 Å². The molecule has 12 nitrogen and oxygen atoms in total. The highest BCUT2D eigenvalue weighted by molar-refractivity contribution is 5.58. The Hall–Kier alpha value is -2.63. The molecule has 0 aliphatic carbocycles. The lowest BCUT2D eigenvalue weighted by atomic mass is 10.5. The predicted molar refractivity (Wildman–Crippen MR) is 43.6 cm³/mol. The van der Waals surface area contributed by atoms with Crippen molar-refractivity contribution >= 4 is 17.3 Å². The van der Waals surface area contributed by atoms with Gasteiger partial charge in [0.05, 0.1) is 4.92 Å². The molecule has 15 heavy (non-hydrogen) atoms. The maximum absolute atomic E-state index is 10.2. The molecule has 0 amide bonds. The molecule has 0 aliphatic rings. The fraction of sp³-hybridized carbons (Fsp3) is 0. The molecule has 1 aromatic rings. The van der Waals surface area contributed by atoms with Gasteiger partial charge < -0.3 is 26.4 Å². The second-order valence-electron chi connectivity index (χ2n) is 2.02. The van der Waals surface area contributed by atoms with Gasteiger partial charge >= 0.3 is 17.3 Å². The van der Waals surface area contributed by atoms with Crippen molar-refractivity contribution in [3.8, 4) is 0 Å². The molecule has 1 heterocycles. The standard InChI is InChI=1S/C3HN5O6.H3N/c9-6(10)1-2(7(11)12)4-5-3(1)8(13)14;/h(H,4,5);1H3. The summed E-state index contributed by atoms with van der Waals surface area (Å²) in [5, 5.41) is 35.0. The predicted octanol–water partition coefficient (Wildman–Crippen LogP) is 0.296. The van der Waals surface area contributed by atoms with E-state index in [1.54, 1.807) is 5.10 Å². The lowest BCUT2D eigenvalue weighted by Crippen LogP contribution is -1.97. The topological polar surface area (TPSA) is 193 Å². The maximum atomic E-state index is 10.2. The minimum Gasteiger partial charge on any atom is -0.358 e. The van der Waals surface area contributed by atoms with Crippen LogP contribution in [0, 0.1) is 30.3 Å². The minimum absolute atomic E-state index is 0. The number of aromatic nitrogens is 2. The zero-order valence-electron chi connectivity index (χ0n) is 6.95. The lowest BCUT2D eigenvalue weighted by molar-refractivity contribution is -0.441. The first kappa shape index (κ1) is 12.4. The van der Waals surface area contributed by atoms with Crippen LogP contribution < -0.4 is 6.15 Å². The van der Waals surface area contributed by atoms with E-state index < -0.39 is 32.1 Å². The summed E-state index contributed by atoms with van der Waals surface area (Å²) in [6.07, 6.45) is 0. The molecule has 4 N–H and O–H groups in total. The van der Waals surface area contributed by atoms with Crippen molar-refractivity contribution in [1.29, 1.82) is 0 Å². The Morgan fingerprint density at radius 3 is 1.87 bits per heavy atom. The van der Waals surface area contributed by atoms with E-state index >= 15 is 0 Å². The highest BCUT2D eigenvalue weighted by Gasteiger charge is 2.42. The first-order valence-electron chi connectivity index (χ1n) is 2.96. The smallest absolute Gasteiger partial charge is 0.358 e. The van der Waals surface area contributed by atoms with Gasteiger partial charge in [0.15, 0.2) is 5.10 Å². The van der Waals surface area contributed by atoms with E-state index in [1.807, 2.05) is 0 Å². The molecular formula is C3H4N6O6. The van der Waals surface area contributed by atoms with E-state index in [4.69, 9.17) is 0 Å². The van der Waals surface area contributed by atoms with Crippen LogP contribution >= 0.6 is 0 Å². The highest BCUT2D eigenvalue weighted by Crippen LogP contribution is 2.32. The van der Waals surface area contributed by atoms with E-state index in [-0.39, 0.29) is 6.15 Å². The van der Waals surface area contributed by atoms with Crippen LogP contribution in [0.5, 0.6) is 0 Å². The van der Waals surface area contributed by atoms with Crippen molar-refractivity contribution in [2.24, 2.45) is 0 Å². The average molecular weight is 220 g/mol. The Labute approximate surface area is 79.9 Å². The average Bonchev–Trinajstić information content (AvgIpc) is 2.46. The third-order valence-corrected chi connectivity index (χ3v) is 1.24. The van der Waals surface area contributed by atoms with Gasteiger partial charge in [0.25, 0.3) is 0 Å². The fourth-order valence-corrected chi connectivity index (χ4v) is 0.740. The van der Waals surface area contributed by atoms with Crippen LogP contribution in [0.1, 0.15) is 0 Å². The summed E-state index contributed by atoms with van der Waals surface area (Å²) in [4.78, 5) is 27.0. The number of hydrogen-bond donors (Lipinski definition) is 2. The molecule has 1 rings (SSSR count). The van der Waals surface area contributed by atoms with E-state index in [9.17, 15) is 30.3 Å². The molecule has 0 unspecified atom stereocenters. The van der Waals surface area contributed by atoms with Crippen LogP contribution in [0.25, 0.3) is 0 Å². The van der Waals surface area contributed by atoms with Crippen LogP contribution in [-0.4, -0.2) is 25.0 Å². The minimum atomic E-state index is -1.25. The van der Waals surface area contributed by atoms with Crippen LogP contribution in [0.15, 0.2) is 0 Å². The Kier molecular flexibility index (Phi) is 3.34. The third kappa shape index (κ3) is 1.99. The molecule has 0 spiro atoms. The van der Waals surface area contributed by atoms with E-state index in [0.717, 1.165) is 0 Å². The molecule has 0 saturated carbocycles. The molecule has 82 valence electrons. The first-order valence-corrected chi connectivity index (χ1v) is 2.96. The molecule has 1 aromatic heterocycles. The van der Waals surface area contributed by atoms with Crippen molar-refractivity contribution in [2.45, 2.75) is 0 Å². The Morgan fingerprint density at radius 2 is 1.53 bits per heavy atom. The van der Waals surface area contributed by atoms with Gasteiger partial charge in [-0.2, -0.15) is 0 Å². The monoisotopic (exact) mass is 220 g/mol. The summed E-state index contributed by atoms with van der Waals surface area (Å²) in [7, 11) is 0. The van der Waals surface area contributed by atoms with Gasteiger partial charge in [0.2, 0.25) is 0 Å². The molecule has 0 fully saturated rings. The zero-order valence-corrected chi connectivity index (χ0v) is 6.95. The van der Waals surface area contributed by atoms with Crippen LogP contribution in [0.3, 0.4) is 0 Å². The van der Waals surface area contributed by atoms with Crippen LogP contribution in [-0.2, 0) is 0 Å². The normalized spacial score (nSPS) is 9.07. The highest BCUT2D eigenvalue weighted by atomic mass is 16.7. The lowest BCUT2D eigenvalue weighted by Gasteiger charge is -1.88. The maximum Gasteiger partial charge on any atom is 0.498 e. The number of hydrogen-bond acceptors (Lipinski definition) is 8. The van der Waals surface area contributed by atoms with Crippen LogP contribution in [0.2, 0.25) is 0 Å². The van der Waals surface area contributed by atoms with Gasteiger partial charge in [-0.15, -0.1) is 0 Å². The Balaban J connectivity index is 0.00000196. The first-order chi connectivity index (χ1) is 6.45. The van der Waals surface area contributed by atoms with Gasteiger partial charge in [-0.1, -0.05) is 0 Å². The molecule has 0 saturated heterocycles. The van der Waals surface area contributed by atoms with Gasteiger partial charge in [-0.25, -0.2) is 0 Å². The van der Waals surface area contributed by atoms with Crippen LogP contribution in [0.4, 0.5) is 17.3 Å². The molecular weight excluding hydrogens is 216 g/mol. The fourth-order valence-electron chi connectivity index (χ4n) is 0.740. The van der Waals surface area contributed by atoms with Crippen molar-refractivity contribution in [3.63, 3.8) is 0 Å².